The fourth-order valence-electron chi connectivity index (χ4n) is 0.714. The minimum atomic E-state index is -3.04. The van der Waals surface area contributed by atoms with Gasteiger partial charge in [-0.3, -0.25) is 0 Å². The summed E-state index contributed by atoms with van der Waals surface area (Å²) in [6, 6.07) is 10.5. The van der Waals surface area contributed by atoms with Crippen molar-refractivity contribution < 1.29 is 8.42 Å². The highest BCUT2D eigenvalue weighted by molar-refractivity contribution is 9.79. The van der Waals surface area contributed by atoms with Gasteiger partial charge in [0.25, 0.3) is 6.70 Å². The first kappa shape index (κ1) is 13.1. The molecular weight excluding hydrogens is 320 g/mol. The lowest BCUT2D eigenvalue weighted by Gasteiger charge is -1.89. The first-order chi connectivity index (χ1) is 5.93. The summed E-state index contributed by atoms with van der Waals surface area (Å²) in [6.45, 7) is -0.880. The lowest BCUT2D eigenvalue weighted by Crippen LogP contribution is -1.73. The molecule has 0 bridgehead atoms. The first-order valence-corrected chi connectivity index (χ1v) is 8.78. The minimum absolute atomic E-state index is 1.14. The molecule has 2 nitrogen and oxygen atoms in total. The maximum absolute atomic E-state index is 9.47. The summed E-state index contributed by atoms with van der Waals surface area (Å²) in [4.78, 5) is 0. The topological polar surface area (TPSA) is 34.1 Å². The van der Waals surface area contributed by atoms with Crippen LogP contribution in [-0.2, 0) is 13.1 Å². The molecule has 0 heterocycles. The van der Waals surface area contributed by atoms with E-state index in [2.05, 4.69) is 60.8 Å². The predicted octanol–water partition coefficient (Wildman–Crippen LogP) is 3.27. The van der Waals surface area contributed by atoms with Crippen LogP contribution in [0.1, 0.15) is 12.5 Å². The van der Waals surface area contributed by atoms with E-state index < -0.39 is 6.70 Å². The van der Waals surface area contributed by atoms with Crippen molar-refractivity contribution in [3.63, 3.8) is 0 Å². The molecular formula is C8H10Br2O2S. The molecule has 1 rings (SSSR count). The summed E-state index contributed by atoms with van der Waals surface area (Å²) in [5, 5.41) is 0. The van der Waals surface area contributed by atoms with Crippen molar-refractivity contribution in [2.24, 2.45) is 0 Å². The molecule has 5 heteroatoms. The monoisotopic (exact) mass is 328 g/mol. The lowest BCUT2D eigenvalue weighted by atomic mass is 10.2. The second-order valence-electron chi connectivity index (χ2n) is 2.22. The number of halogens is 2. The number of hydrogen-bond donors (Lipinski definition) is 0. The SMILES string of the molecule is CCc1ccccc1.O=S(=O)(Br)Br. The zero-order valence-corrected chi connectivity index (χ0v) is 11.1. The summed E-state index contributed by atoms with van der Waals surface area (Å²) in [5.74, 6) is 0. The third kappa shape index (κ3) is 12.1. The Hall–Kier alpha value is 0.130. The average molecular weight is 330 g/mol. The van der Waals surface area contributed by atoms with Crippen LogP contribution in [0.3, 0.4) is 0 Å². The summed E-state index contributed by atoms with van der Waals surface area (Å²) < 4.78 is 18.9. The van der Waals surface area contributed by atoms with E-state index in [1.54, 1.807) is 0 Å². The Morgan fingerprint density at radius 3 is 1.77 bits per heavy atom. The van der Waals surface area contributed by atoms with Crippen LogP contribution in [0.25, 0.3) is 0 Å². The van der Waals surface area contributed by atoms with E-state index in [1.807, 2.05) is 6.07 Å². The van der Waals surface area contributed by atoms with E-state index in [0.717, 1.165) is 6.42 Å². The molecule has 0 aliphatic carbocycles. The third-order valence-electron chi connectivity index (χ3n) is 1.25. The molecule has 13 heavy (non-hydrogen) atoms. The molecule has 0 atom stereocenters. The van der Waals surface area contributed by atoms with Crippen molar-refractivity contribution in [2.45, 2.75) is 13.3 Å². The van der Waals surface area contributed by atoms with Crippen molar-refractivity contribution in [3.8, 4) is 0 Å². The Labute approximate surface area is 93.7 Å². The van der Waals surface area contributed by atoms with Gasteiger partial charge < -0.3 is 0 Å². The highest BCUT2D eigenvalue weighted by atomic mass is 79.9. The summed E-state index contributed by atoms with van der Waals surface area (Å²) in [7, 11) is 0. The standard InChI is InChI=1S/C8H10.Br2O2S/c1-2-8-6-4-3-5-7-8;1-5(2,3)4/h3-7H,2H2,1H3;. The second-order valence-corrected chi connectivity index (χ2v) is 10.7. The van der Waals surface area contributed by atoms with Gasteiger partial charge in [0, 0.05) is 0 Å². The Morgan fingerprint density at radius 1 is 1.15 bits per heavy atom. The number of rotatable bonds is 1. The predicted molar refractivity (Wildman–Crippen MR) is 62.6 cm³/mol. The molecule has 0 spiro atoms. The van der Waals surface area contributed by atoms with Crippen LogP contribution >= 0.6 is 29.6 Å². The number of hydrogen-bond acceptors (Lipinski definition) is 2. The minimum Gasteiger partial charge on any atom is -0.205 e. The van der Waals surface area contributed by atoms with Crippen molar-refractivity contribution >= 4 is 36.3 Å². The highest BCUT2D eigenvalue weighted by Crippen LogP contribution is 2.06. The summed E-state index contributed by atoms with van der Waals surface area (Å²) in [5.41, 5.74) is 1.41. The fourth-order valence-corrected chi connectivity index (χ4v) is 0.714. The van der Waals surface area contributed by atoms with E-state index in [1.165, 1.54) is 5.56 Å². The van der Waals surface area contributed by atoms with Gasteiger partial charge in [-0.2, -0.15) is 0 Å². The van der Waals surface area contributed by atoms with Crippen LogP contribution in [0.2, 0.25) is 0 Å². The van der Waals surface area contributed by atoms with E-state index in [-0.39, 0.29) is 0 Å². The van der Waals surface area contributed by atoms with Gasteiger partial charge in [-0.15, -0.1) is 0 Å². The molecule has 1 aromatic carbocycles. The largest absolute Gasteiger partial charge is 0.268 e. The van der Waals surface area contributed by atoms with Crippen LogP contribution in [0.15, 0.2) is 30.3 Å². The Morgan fingerprint density at radius 2 is 1.54 bits per heavy atom. The van der Waals surface area contributed by atoms with Crippen molar-refractivity contribution in [3.05, 3.63) is 35.9 Å². The Balaban J connectivity index is 0.000000252. The fraction of sp³-hybridized carbons (Fsp3) is 0.250. The van der Waals surface area contributed by atoms with Gasteiger partial charge in [0.05, 0.1) is 29.6 Å². The van der Waals surface area contributed by atoms with Gasteiger partial charge in [-0.05, 0) is 12.0 Å². The molecule has 0 aromatic heterocycles. The van der Waals surface area contributed by atoms with Gasteiger partial charge in [0.2, 0.25) is 0 Å². The molecule has 0 aliphatic heterocycles. The van der Waals surface area contributed by atoms with Crippen LogP contribution in [0, 0.1) is 0 Å². The van der Waals surface area contributed by atoms with Crippen LogP contribution < -0.4 is 0 Å². The molecule has 74 valence electrons. The zero-order chi connectivity index (χ0) is 10.3. The molecule has 0 saturated heterocycles. The Bertz CT molecular complexity index is 313. The number of benzene rings is 1. The third-order valence-corrected chi connectivity index (χ3v) is 1.25. The smallest absolute Gasteiger partial charge is 0.205 e. The summed E-state index contributed by atoms with van der Waals surface area (Å²) >= 11 is 4.53. The van der Waals surface area contributed by atoms with E-state index in [0.29, 0.717) is 0 Å². The molecule has 0 amide bonds. The van der Waals surface area contributed by atoms with Crippen LogP contribution in [-0.4, -0.2) is 8.42 Å². The van der Waals surface area contributed by atoms with Gasteiger partial charge in [0.1, 0.15) is 0 Å². The van der Waals surface area contributed by atoms with Crippen molar-refractivity contribution in [1.29, 1.82) is 0 Å². The van der Waals surface area contributed by atoms with Crippen molar-refractivity contribution in [1.82, 2.24) is 0 Å². The highest BCUT2D eigenvalue weighted by Gasteiger charge is 1.87. The van der Waals surface area contributed by atoms with E-state index in [9.17, 15) is 8.42 Å². The maximum atomic E-state index is 9.47. The molecule has 0 N–H and O–H groups in total. The average Bonchev–Trinajstić information content (AvgIpc) is 2.03. The Kier molecular flexibility index (Phi) is 6.63. The maximum Gasteiger partial charge on any atom is 0.268 e. The molecule has 0 aliphatic rings. The van der Waals surface area contributed by atoms with Gasteiger partial charge in [0.15, 0.2) is 0 Å². The van der Waals surface area contributed by atoms with E-state index in [4.69, 9.17) is 0 Å². The molecule has 0 radical (unpaired) electrons. The lowest BCUT2D eigenvalue weighted by molar-refractivity contribution is 0.625. The summed E-state index contributed by atoms with van der Waals surface area (Å²) in [6.07, 6.45) is 1.14. The normalized spacial score (nSPS) is 10.1. The van der Waals surface area contributed by atoms with Crippen molar-refractivity contribution in [2.75, 3.05) is 0 Å². The van der Waals surface area contributed by atoms with Crippen LogP contribution in [0.4, 0.5) is 0 Å². The molecule has 1 aromatic rings. The second kappa shape index (κ2) is 6.56. The zero-order valence-electron chi connectivity index (χ0n) is 7.07. The van der Waals surface area contributed by atoms with E-state index >= 15 is 0 Å². The quantitative estimate of drug-likeness (QED) is 0.741. The molecule has 0 unspecified atom stereocenters. The van der Waals surface area contributed by atoms with Gasteiger partial charge >= 0.3 is 0 Å². The van der Waals surface area contributed by atoms with Crippen LogP contribution in [0.5, 0.6) is 0 Å². The molecule has 0 fully saturated rings. The molecule has 0 saturated carbocycles. The van der Waals surface area contributed by atoms with Gasteiger partial charge in [-0.1, -0.05) is 37.3 Å². The van der Waals surface area contributed by atoms with Gasteiger partial charge in [-0.25, -0.2) is 8.42 Å². The number of aryl methyl sites for hydroxylation is 1. The first-order valence-electron chi connectivity index (χ1n) is 3.61.